The number of carboxylic acids is 1. The fraction of sp³-hybridized carbons (Fsp3) is 0.700. The fourth-order valence-electron chi connectivity index (χ4n) is 1.84. The van der Waals surface area contributed by atoms with Gasteiger partial charge in [-0.1, -0.05) is 11.8 Å². The summed E-state index contributed by atoms with van der Waals surface area (Å²) in [5.41, 5.74) is 0. The molecule has 6 nitrogen and oxygen atoms in total. The summed E-state index contributed by atoms with van der Waals surface area (Å²) in [4.78, 5) is 10.6. The molecule has 0 aromatic carbocycles. The number of rotatable bonds is 6. The fourth-order valence-corrected chi connectivity index (χ4v) is 3.80. The van der Waals surface area contributed by atoms with Gasteiger partial charge in [-0.05, 0) is 23.8 Å². The zero-order valence-corrected chi connectivity index (χ0v) is 11.4. The zero-order valence-electron chi connectivity index (χ0n) is 9.78. The van der Waals surface area contributed by atoms with Crippen LogP contribution in [0.1, 0.15) is 12.2 Å². The van der Waals surface area contributed by atoms with Crippen LogP contribution in [0.4, 0.5) is 0 Å². The molecule has 1 unspecified atom stereocenters. The normalized spacial score (nSPS) is 19.3. The van der Waals surface area contributed by atoms with E-state index in [1.54, 1.807) is 0 Å². The van der Waals surface area contributed by atoms with E-state index in [4.69, 9.17) is 5.11 Å². The van der Waals surface area contributed by atoms with E-state index in [1.807, 2.05) is 16.3 Å². The molecule has 1 aliphatic rings. The predicted octanol–water partition coefficient (Wildman–Crippen LogP) is 0.700. The van der Waals surface area contributed by atoms with Gasteiger partial charge in [-0.3, -0.25) is 4.79 Å². The summed E-state index contributed by atoms with van der Waals surface area (Å²) in [5, 5.41) is 26.3. The van der Waals surface area contributed by atoms with Crippen LogP contribution in [0.15, 0.2) is 5.16 Å². The minimum atomic E-state index is -0.878. The first-order valence-corrected chi connectivity index (χ1v) is 7.80. The van der Waals surface area contributed by atoms with Gasteiger partial charge >= 0.3 is 5.97 Å². The third-order valence-corrected chi connectivity index (χ3v) is 4.91. The van der Waals surface area contributed by atoms with Gasteiger partial charge in [0.05, 0.1) is 5.75 Å². The van der Waals surface area contributed by atoms with Crippen molar-refractivity contribution in [2.24, 2.45) is 5.92 Å². The van der Waals surface area contributed by atoms with Gasteiger partial charge in [0.1, 0.15) is 6.61 Å². The smallest absolute Gasteiger partial charge is 0.313 e. The Bertz CT molecular complexity index is 419. The molecule has 2 N–H and O–H groups in total. The van der Waals surface area contributed by atoms with Gasteiger partial charge in [0.25, 0.3) is 0 Å². The summed E-state index contributed by atoms with van der Waals surface area (Å²) in [5.74, 6) is 2.42. The highest BCUT2D eigenvalue weighted by atomic mass is 32.2. The molecule has 0 saturated carbocycles. The molecular weight excluding hydrogens is 274 g/mol. The maximum atomic E-state index is 10.6. The van der Waals surface area contributed by atoms with Crippen molar-refractivity contribution >= 4 is 29.5 Å². The maximum Gasteiger partial charge on any atom is 0.313 e. The van der Waals surface area contributed by atoms with E-state index in [9.17, 15) is 9.90 Å². The molecule has 1 atom stereocenters. The van der Waals surface area contributed by atoms with Crippen molar-refractivity contribution in [2.75, 3.05) is 17.3 Å². The number of hydrogen-bond acceptors (Lipinski definition) is 6. The highest BCUT2D eigenvalue weighted by molar-refractivity contribution is 7.99. The van der Waals surface area contributed by atoms with E-state index in [1.165, 1.54) is 5.75 Å². The standard InChI is InChI=1S/C10H15N3O3S2/c14-4-8-11-12-10(18-6-9(15)16)13(8)3-7-1-2-17-5-7/h7,14H,1-6H2,(H,15,16). The molecule has 2 heterocycles. The van der Waals surface area contributed by atoms with Crippen molar-refractivity contribution in [3.8, 4) is 0 Å². The van der Waals surface area contributed by atoms with Crippen molar-refractivity contribution in [3.05, 3.63) is 5.82 Å². The summed E-state index contributed by atoms with van der Waals surface area (Å²) < 4.78 is 1.85. The lowest BCUT2D eigenvalue weighted by Gasteiger charge is -2.12. The Morgan fingerprint density at radius 1 is 1.56 bits per heavy atom. The molecule has 1 saturated heterocycles. The second-order valence-electron chi connectivity index (χ2n) is 4.08. The average Bonchev–Trinajstić information content (AvgIpc) is 2.97. The van der Waals surface area contributed by atoms with Crippen LogP contribution in [0.2, 0.25) is 0 Å². The molecule has 0 spiro atoms. The van der Waals surface area contributed by atoms with Crippen molar-refractivity contribution in [1.29, 1.82) is 0 Å². The van der Waals surface area contributed by atoms with E-state index in [0.29, 0.717) is 16.9 Å². The van der Waals surface area contributed by atoms with Crippen molar-refractivity contribution in [2.45, 2.75) is 24.7 Å². The summed E-state index contributed by atoms with van der Waals surface area (Å²) in [6.45, 7) is 0.596. The Kier molecular flexibility index (Phi) is 4.90. The Morgan fingerprint density at radius 3 is 3.00 bits per heavy atom. The molecular formula is C10H15N3O3S2. The van der Waals surface area contributed by atoms with Gasteiger partial charge in [0.2, 0.25) is 0 Å². The van der Waals surface area contributed by atoms with Crippen molar-refractivity contribution < 1.29 is 15.0 Å². The molecule has 1 aromatic heterocycles. The lowest BCUT2D eigenvalue weighted by atomic mass is 10.1. The first-order chi connectivity index (χ1) is 8.70. The number of nitrogens with zero attached hydrogens (tertiary/aromatic N) is 3. The minimum absolute atomic E-state index is 0.0387. The molecule has 18 heavy (non-hydrogen) atoms. The molecule has 1 aromatic rings. The van der Waals surface area contributed by atoms with Crippen molar-refractivity contribution in [3.63, 3.8) is 0 Å². The topological polar surface area (TPSA) is 88.2 Å². The number of aliphatic hydroxyl groups excluding tert-OH is 1. The van der Waals surface area contributed by atoms with Crippen LogP contribution in [-0.2, 0) is 17.9 Å². The molecule has 100 valence electrons. The molecule has 1 aliphatic heterocycles. The van der Waals surface area contributed by atoms with Gasteiger partial charge in [-0.25, -0.2) is 0 Å². The molecule has 1 fully saturated rings. The van der Waals surface area contributed by atoms with Gasteiger partial charge in [-0.15, -0.1) is 10.2 Å². The first kappa shape index (κ1) is 13.7. The lowest BCUT2D eigenvalue weighted by Crippen LogP contribution is -2.14. The Hall–Kier alpha value is -0.730. The van der Waals surface area contributed by atoms with Gasteiger partial charge in [0.15, 0.2) is 11.0 Å². The van der Waals surface area contributed by atoms with Gasteiger partial charge in [-0.2, -0.15) is 11.8 Å². The molecule has 0 bridgehead atoms. The third-order valence-electron chi connectivity index (χ3n) is 2.72. The lowest BCUT2D eigenvalue weighted by molar-refractivity contribution is -0.133. The number of hydrogen-bond donors (Lipinski definition) is 2. The predicted molar refractivity (Wildman–Crippen MR) is 69.7 cm³/mol. The molecule has 0 aliphatic carbocycles. The largest absolute Gasteiger partial charge is 0.481 e. The van der Waals surface area contributed by atoms with Crippen LogP contribution < -0.4 is 0 Å². The third kappa shape index (κ3) is 3.39. The van der Waals surface area contributed by atoms with E-state index in [2.05, 4.69) is 10.2 Å². The Morgan fingerprint density at radius 2 is 2.39 bits per heavy atom. The van der Waals surface area contributed by atoms with Gasteiger partial charge in [0, 0.05) is 6.54 Å². The monoisotopic (exact) mass is 289 g/mol. The number of aromatic nitrogens is 3. The first-order valence-electron chi connectivity index (χ1n) is 5.66. The molecule has 0 radical (unpaired) electrons. The second-order valence-corrected chi connectivity index (χ2v) is 6.17. The number of aliphatic hydroxyl groups is 1. The van der Waals surface area contributed by atoms with Crippen LogP contribution in [0, 0.1) is 5.92 Å². The molecule has 2 rings (SSSR count). The van der Waals surface area contributed by atoms with E-state index < -0.39 is 5.97 Å². The van der Waals surface area contributed by atoms with E-state index in [-0.39, 0.29) is 12.4 Å². The van der Waals surface area contributed by atoms with Crippen LogP contribution in [-0.4, -0.2) is 48.2 Å². The minimum Gasteiger partial charge on any atom is -0.481 e. The van der Waals surface area contributed by atoms with Crippen LogP contribution in [0.3, 0.4) is 0 Å². The Balaban J connectivity index is 2.08. The summed E-state index contributed by atoms with van der Waals surface area (Å²) >= 11 is 3.07. The number of thioether (sulfide) groups is 2. The van der Waals surface area contributed by atoms with Crippen LogP contribution in [0.5, 0.6) is 0 Å². The maximum absolute atomic E-state index is 10.6. The quantitative estimate of drug-likeness (QED) is 0.745. The summed E-state index contributed by atoms with van der Waals surface area (Å²) in [6.07, 6.45) is 1.15. The summed E-state index contributed by atoms with van der Waals surface area (Å²) in [6, 6.07) is 0. The zero-order chi connectivity index (χ0) is 13.0. The number of carbonyl (C=O) groups is 1. The van der Waals surface area contributed by atoms with Crippen molar-refractivity contribution in [1.82, 2.24) is 14.8 Å². The summed E-state index contributed by atoms with van der Waals surface area (Å²) in [7, 11) is 0. The van der Waals surface area contributed by atoms with E-state index >= 15 is 0 Å². The highest BCUT2D eigenvalue weighted by Crippen LogP contribution is 2.27. The average molecular weight is 289 g/mol. The number of aliphatic carboxylic acids is 1. The van der Waals surface area contributed by atoms with Gasteiger partial charge < -0.3 is 14.8 Å². The van der Waals surface area contributed by atoms with Crippen LogP contribution in [0.25, 0.3) is 0 Å². The van der Waals surface area contributed by atoms with E-state index in [0.717, 1.165) is 30.5 Å². The molecule has 0 amide bonds. The second kappa shape index (κ2) is 6.44. The SMILES string of the molecule is O=C(O)CSc1nnc(CO)n1CC1CCSC1. The number of carboxylic acid groups (broad SMARTS) is 1. The highest BCUT2D eigenvalue weighted by Gasteiger charge is 2.20. The molecule has 8 heteroatoms. The van der Waals surface area contributed by atoms with Crippen LogP contribution >= 0.6 is 23.5 Å². The Labute approximate surface area is 113 Å².